The van der Waals surface area contributed by atoms with Gasteiger partial charge < -0.3 is 20.1 Å². The van der Waals surface area contributed by atoms with Gasteiger partial charge in [0.05, 0.1) is 0 Å². The monoisotopic (exact) mass is 315 g/mol. The predicted octanol–water partition coefficient (Wildman–Crippen LogP) is 1.96. The van der Waals surface area contributed by atoms with E-state index in [-0.39, 0.29) is 0 Å². The zero-order valence-corrected chi connectivity index (χ0v) is 13.4. The third-order valence-electron chi connectivity index (χ3n) is 3.60. The molecule has 2 heterocycles. The van der Waals surface area contributed by atoms with Gasteiger partial charge in [-0.05, 0) is 19.2 Å². The molecule has 0 amide bonds. The molecule has 0 fully saturated rings. The largest absolute Gasteiger partial charge is 0.488 e. The lowest BCUT2D eigenvalue weighted by atomic mass is 10.2. The minimum absolute atomic E-state index is 0.633. The van der Waals surface area contributed by atoms with Crippen LogP contribution in [0.2, 0.25) is 0 Å². The van der Waals surface area contributed by atoms with Gasteiger partial charge in [0.25, 0.3) is 0 Å². The molecule has 0 bridgehead atoms. The average molecular weight is 315 g/mol. The molecule has 0 saturated carbocycles. The highest BCUT2D eigenvalue weighted by molar-refractivity contribution is 5.62. The molecule has 7 heteroatoms. The number of aromatic nitrogens is 2. The molecular weight excluding hydrogens is 294 g/mol. The van der Waals surface area contributed by atoms with Crippen molar-refractivity contribution in [1.82, 2.24) is 14.9 Å². The smallest absolute Gasteiger partial charge is 0.163 e. The van der Waals surface area contributed by atoms with E-state index in [2.05, 4.69) is 32.5 Å². The SMILES string of the molecule is CNc1cc(Nc2ccc3c(c2)OCCN(C)CCO3)ncn1. The van der Waals surface area contributed by atoms with Gasteiger partial charge in [0.2, 0.25) is 0 Å². The Morgan fingerprint density at radius 2 is 1.74 bits per heavy atom. The first-order valence-electron chi connectivity index (χ1n) is 7.59. The van der Waals surface area contributed by atoms with Crippen LogP contribution in [0.25, 0.3) is 0 Å². The first-order valence-corrected chi connectivity index (χ1v) is 7.59. The first-order chi connectivity index (χ1) is 11.2. The van der Waals surface area contributed by atoms with Gasteiger partial charge in [0.1, 0.15) is 31.2 Å². The summed E-state index contributed by atoms with van der Waals surface area (Å²) < 4.78 is 11.6. The highest BCUT2D eigenvalue weighted by Crippen LogP contribution is 2.32. The average Bonchev–Trinajstić information content (AvgIpc) is 2.65. The van der Waals surface area contributed by atoms with E-state index >= 15 is 0 Å². The van der Waals surface area contributed by atoms with Gasteiger partial charge in [0, 0.05) is 38.0 Å². The molecule has 0 aliphatic carbocycles. The van der Waals surface area contributed by atoms with Gasteiger partial charge in [0.15, 0.2) is 11.5 Å². The Morgan fingerprint density at radius 1 is 1.00 bits per heavy atom. The third-order valence-corrected chi connectivity index (χ3v) is 3.60. The van der Waals surface area contributed by atoms with Crippen LogP contribution in [0.3, 0.4) is 0 Å². The number of hydrogen-bond acceptors (Lipinski definition) is 7. The van der Waals surface area contributed by atoms with E-state index in [1.807, 2.05) is 31.3 Å². The summed E-state index contributed by atoms with van der Waals surface area (Å²) in [5, 5.41) is 6.24. The zero-order valence-electron chi connectivity index (χ0n) is 13.4. The van der Waals surface area contributed by atoms with Gasteiger partial charge in [-0.15, -0.1) is 0 Å². The summed E-state index contributed by atoms with van der Waals surface area (Å²) in [6.45, 7) is 3.04. The Kier molecular flexibility index (Phi) is 4.77. The number of nitrogens with zero attached hydrogens (tertiary/aromatic N) is 3. The molecule has 0 saturated heterocycles. The summed E-state index contributed by atoms with van der Waals surface area (Å²) >= 11 is 0. The summed E-state index contributed by atoms with van der Waals surface area (Å²) in [4.78, 5) is 10.5. The lowest BCUT2D eigenvalue weighted by molar-refractivity contribution is 0.228. The summed E-state index contributed by atoms with van der Waals surface area (Å²) in [7, 11) is 3.88. The molecule has 3 rings (SSSR count). The normalized spacial score (nSPS) is 15.2. The maximum atomic E-state index is 5.85. The molecule has 2 N–H and O–H groups in total. The van der Waals surface area contributed by atoms with E-state index < -0.39 is 0 Å². The Bertz CT molecular complexity index is 665. The molecule has 1 aliphatic heterocycles. The van der Waals surface area contributed by atoms with Crippen molar-refractivity contribution in [2.75, 3.05) is 51.0 Å². The minimum Gasteiger partial charge on any atom is -0.488 e. The molecule has 1 aromatic heterocycles. The van der Waals surface area contributed by atoms with Crippen molar-refractivity contribution in [3.05, 3.63) is 30.6 Å². The maximum absolute atomic E-state index is 5.85. The number of rotatable bonds is 3. The molecule has 0 unspecified atom stereocenters. The molecule has 122 valence electrons. The van der Waals surface area contributed by atoms with Gasteiger partial charge >= 0.3 is 0 Å². The molecule has 0 radical (unpaired) electrons. The van der Waals surface area contributed by atoms with Crippen molar-refractivity contribution < 1.29 is 9.47 Å². The molecule has 7 nitrogen and oxygen atoms in total. The number of ether oxygens (including phenoxy) is 2. The zero-order chi connectivity index (χ0) is 16.1. The van der Waals surface area contributed by atoms with Gasteiger partial charge in [-0.1, -0.05) is 0 Å². The maximum Gasteiger partial charge on any atom is 0.163 e. The number of fused-ring (bicyclic) bond motifs is 1. The van der Waals surface area contributed by atoms with E-state index in [9.17, 15) is 0 Å². The molecular formula is C16H21N5O2. The van der Waals surface area contributed by atoms with Crippen LogP contribution in [0.1, 0.15) is 0 Å². The van der Waals surface area contributed by atoms with Crippen LogP contribution in [-0.4, -0.2) is 55.3 Å². The van der Waals surface area contributed by atoms with Crippen LogP contribution in [0, 0.1) is 0 Å². The van der Waals surface area contributed by atoms with Crippen LogP contribution in [0.4, 0.5) is 17.3 Å². The number of benzene rings is 1. The first kappa shape index (κ1) is 15.4. The van der Waals surface area contributed by atoms with E-state index in [4.69, 9.17) is 9.47 Å². The summed E-state index contributed by atoms with van der Waals surface area (Å²) in [6.07, 6.45) is 1.52. The van der Waals surface area contributed by atoms with E-state index in [1.165, 1.54) is 6.33 Å². The number of likely N-dealkylation sites (N-methyl/N-ethyl adjacent to an activating group) is 1. The fourth-order valence-electron chi connectivity index (χ4n) is 2.26. The fraction of sp³-hybridized carbons (Fsp3) is 0.375. The minimum atomic E-state index is 0.633. The van der Waals surface area contributed by atoms with Crippen LogP contribution >= 0.6 is 0 Å². The highest BCUT2D eigenvalue weighted by atomic mass is 16.5. The molecule has 2 aromatic rings. The second-order valence-electron chi connectivity index (χ2n) is 5.33. The summed E-state index contributed by atoms with van der Waals surface area (Å²) in [6, 6.07) is 7.64. The topological polar surface area (TPSA) is 71.5 Å². The number of anilines is 3. The molecule has 1 aromatic carbocycles. The standard InChI is InChI=1S/C16H21N5O2/c1-17-15-10-16(19-11-18-15)20-12-3-4-13-14(9-12)23-8-6-21(2)5-7-22-13/h3-4,9-11H,5-8H2,1-2H3,(H2,17,18,19,20). The molecule has 1 aliphatic rings. The second-order valence-corrected chi connectivity index (χ2v) is 5.33. The van der Waals surface area contributed by atoms with Crippen LogP contribution in [0.15, 0.2) is 30.6 Å². The Hall–Kier alpha value is -2.54. The quantitative estimate of drug-likeness (QED) is 0.897. The number of hydrogen-bond donors (Lipinski definition) is 2. The predicted molar refractivity (Wildman–Crippen MR) is 89.8 cm³/mol. The Balaban J connectivity index is 1.78. The van der Waals surface area contributed by atoms with Crippen LogP contribution < -0.4 is 20.1 Å². The van der Waals surface area contributed by atoms with Crippen molar-refractivity contribution in [1.29, 1.82) is 0 Å². The van der Waals surface area contributed by atoms with E-state index in [1.54, 1.807) is 0 Å². The molecule has 0 atom stereocenters. The van der Waals surface area contributed by atoms with E-state index in [0.29, 0.717) is 19.0 Å². The van der Waals surface area contributed by atoms with Crippen molar-refractivity contribution in [2.45, 2.75) is 0 Å². The summed E-state index contributed by atoms with van der Waals surface area (Å²) in [5.41, 5.74) is 0.890. The van der Waals surface area contributed by atoms with Crippen molar-refractivity contribution >= 4 is 17.3 Å². The third kappa shape index (κ3) is 4.01. The Morgan fingerprint density at radius 3 is 2.52 bits per heavy atom. The lowest BCUT2D eigenvalue weighted by Crippen LogP contribution is -2.27. The van der Waals surface area contributed by atoms with Crippen LogP contribution in [-0.2, 0) is 0 Å². The summed E-state index contributed by atoms with van der Waals surface area (Å²) in [5.74, 6) is 2.98. The molecule has 23 heavy (non-hydrogen) atoms. The van der Waals surface area contributed by atoms with Crippen molar-refractivity contribution in [3.63, 3.8) is 0 Å². The highest BCUT2D eigenvalue weighted by Gasteiger charge is 2.11. The van der Waals surface area contributed by atoms with Gasteiger partial charge in [-0.3, -0.25) is 4.90 Å². The molecule has 0 spiro atoms. The fourth-order valence-corrected chi connectivity index (χ4v) is 2.26. The van der Waals surface area contributed by atoms with E-state index in [0.717, 1.165) is 36.1 Å². The van der Waals surface area contributed by atoms with Gasteiger partial charge in [-0.25, -0.2) is 9.97 Å². The number of nitrogens with one attached hydrogen (secondary N) is 2. The van der Waals surface area contributed by atoms with Gasteiger partial charge in [-0.2, -0.15) is 0 Å². The van der Waals surface area contributed by atoms with Crippen LogP contribution in [0.5, 0.6) is 11.5 Å². The lowest BCUT2D eigenvalue weighted by Gasteiger charge is -2.13. The Labute approximate surface area is 135 Å². The van der Waals surface area contributed by atoms with Crippen molar-refractivity contribution in [3.8, 4) is 11.5 Å². The second kappa shape index (κ2) is 7.15. The van der Waals surface area contributed by atoms with Crippen molar-refractivity contribution in [2.24, 2.45) is 0 Å².